The van der Waals surface area contributed by atoms with Crippen molar-refractivity contribution in [3.8, 4) is 0 Å². The molecule has 0 aliphatic heterocycles. The van der Waals surface area contributed by atoms with Crippen molar-refractivity contribution in [3.63, 3.8) is 0 Å². The highest BCUT2D eigenvalue weighted by atomic mass is 16.5. The van der Waals surface area contributed by atoms with Crippen LogP contribution in [0.2, 0.25) is 0 Å². The Morgan fingerprint density at radius 1 is 1.40 bits per heavy atom. The molecular formula is C15H19NO4. The zero-order chi connectivity index (χ0) is 14.6. The van der Waals surface area contributed by atoms with Crippen LogP contribution in [0.1, 0.15) is 31.7 Å². The van der Waals surface area contributed by atoms with Crippen LogP contribution in [-0.2, 0) is 16.1 Å². The molecule has 1 aliphatic rings. The van der Waals surface area contributed by atoms with Crippen LogP contribution in [-0.4, -0.2) is 22.7 Å². The fraction of sp³-hybridized carbons (Fsp3) is 0.467. The number of hydrogen-bond acceptors (Lipinski definition) is 3. The first kappa shape index (κ1) is 14.4. The smallest absolute Gasteiger partial charge is 0.408 e. The average Bonchev–Trinajstić information content (AvgIpc) is 2.80. The van der Waals surface area contributed by atoms with Crippen molar-refractivity contribution in [2.24, 2.45) is 5.92 Å². The van der Waals surface area contributed by atoms with E-state index in [2.05, 4.69) is 5.32 Å². The first-order valence-electron chi connectivity index (χ1n) is 6.74. The van der Waals surface area contributed by atoms with Crippen LogP contribution in [0.15, 0.2) is 30.3 Å². The molecule has 2 N–H and O–H groups in total. The van der Waals surface area contributed by atoms with E-state index in [1.807, 2.05) is 37.3 Å². The second kappa shape index (κ2) is 5.94. The highest BCUT2D eigenvalue weighted by Gasteiger charge is 2.45. The summed E-state index contributed by atoms with van der Waals surface area (Å²) in [5.74, 6) is -0.695. The van der Waals surface area contributed by atoms with Gasteiger partial charge in [0.15, 0.2) is 0 Å². The van der Waals surface area contributed by atoms with E-state index in [0.29, 0.717) is 18.8 Å². The maximum atomic E-state index is 11.8. The van der Waals surface area contributed by atoms with E-state index < -0.39 is 17.6 Å². The summed E-state index contributed by atoms with van der Waals surface area (Å²) in [5, 5.41) is 11.9. The Bertz CT molecular complexity index is 488. The molecule has 108 valence electrons. The van der Waals surface area contributed by atoms with Gasteiger partial charge >= 0.3 is 12.1 Å². The summed E-state index contributed by atoms with van der Waals surface area (Å²) in [5.41, 5.74) is -0.306. The maximum absolute atomic E-state index is 11.8. The molecule has 0 aromatic heterocycles. The molecular weight excluding hydrogens is 258 g/mol. The van der Waals surface area contributed by atoms with E-state index >= 15 is 0 Å². The fourth-order valence-electron chi connectivity index (χ4n) is 2.61. The van der Waals surface area contributed by atoms with Gasteiger partial charge in [-0.25, -0.2) is 9.59 Å². The molecule has 2 rings (SSSR count). The Kier molecular flexibility index (Phi) is 4.27. The lowest BCUT2D eigenvalue weighted by Crippen LogP contribution is -2.52. The quantitative estimate of drug-likeness (QED) is 0.886. The summed E-state index contributed by atoms with van der Waals surface area (Å²) in [6.07, 6.45) is 1.02. The van der Waals surface area contributed by atoms with E-state index in [-0.39, 0.29) is 6.61 Å². The van der Waals surface area contributed by atoms with Gasteiger partial charge in [-0.1, -0.05) is 37.3 Å². The van der Waals surface area contributed by atoms with Crippen molar-refractivity contribution in [1.29, 1.82) is 0 Å². The van der Waals surface area contributed by atoms with Crippen LogP contribution in [0.5, 0.6) is 0 Å². The lowest BCUT2D eigenvalue weighted by atomic mass is 9.97. The van der Waals surface area contributed by atoms with Gasteiger partial charge in [0.1, 0.15) is 12.1 Å². The molecule has 0 radical (unpaired) electrons. The third-order valence-electron chi connectivity index (χ3n) is 3.72. The average molecular weight is 277 g/mol. The highest BCUT2D eigenvalue weighted by molar-refractivity contribution is 5.84. The van der Waals surface area contributed by atoms with Gasteiger partial charge in [0.05, 0.1) is 0 Å². The molecule has 1 fully saturated rings. The van der Waals surface area contributed by atoms with Gasteiger partial charge in [-0.3, -0.25) is 0 Å². The summed E-state index contributed by atoms with van der Waals surface area (Å²) in [7, 11) is 0. The molecule has 0 spiro atoms. The molecule has 5 nitrogen and oxygen atoms in total. The Labute approximate surface area is 117 Å². The van der Waals surface area contributed by atoms with Crippen LogP contribution in [0.25, 0.3) is 0 Å². The molecule has 0 unspecified atom stereocenters. The third-order valence-corrected chi connectivity index (χ3v) is 3.72. The Hall–Kier alpha value is -2.04. The Morgan fingerprint density at radius 3 is 2.65 bits per heavy atom. The van der Waals surface area contributed by atoms with Crippen molar-refractivity contribution >= 4 is 12.1 Å². The molecule has 1 saturated carbocycles. The summed E-state index contributed by atoms with van der Waals surface area (Å²) in [4.78, 5) is 23.2. The number of carboxylic acids is 1. The van der Waals surface area contributed by atoms with Crippen LogP contribution in [0.4, 0.5) is 4.79 Å². The minimum Gasteiger partial charge on any atom is -0.480 e. The number of ether oxygens (including phenoxy) is 1. The Balaban J connectivity index is 1.91. The number of nitrogens with one attached hydrogen (secondary N) is 1. The number of rotatable bonds is 4. The SMILES string of the molecule is C[C@@H]1CC[C@](NC(=O)OCc2ccccc2)(C(=O)O)C1. The van der Waals surface area contributed by atoms with Crippen LogP contribution >= 0.6 is 0 Å². The number of hydrogen-bond donors (Lipinski definition) is 2. The van der Waals surface area contributed by atoms with Gasteiger partial charge in [-0.05, 0) is 30.7 Å². The first-order valence-corrected chi connectivity index (χ1v) is 6.74. The summed E-state index contributed by atoms with van der Waals surface area (Å²) in [6, 6.07) is 9.28. The summed E-state index contributed by atoms with van der Waals surface area (Å²) in [6.45, 7) is 2.12. The zero-order valence-corrected chi connectivity index (χ0v) is 11.5. The normalized spacial score (nSPS) is 25.1. The highest BCUT2D eigenvalue weighted by Crippen LogP contribution is 2.34. The molecule has 2 atom stereocenters. The monoisotopic (exact) mass is 277 g/mol. The molecule has 5 heteroatoms. The van der Waals surface area contributed by atoms with Gasteiger partial charge in [0.25, 0.3) is 0 Å². The number of benzene rings is 1. The largest absolute Gasteiger partial charge is 0.480 e. The lowest BCUT2D eigenvalue weighted by Gasteiger charge is -2.25. The molecule has 0 heterocycles. The molecule has 1 amide bonds. The minimum absolute atomic E-state index is 0.137. The first-order chi connectivity index (χ1) is 9.52. The predicted molar refractivity (Wildman–Crippen MR) is 73.1 cm³/mol. The van der Waals surface area contributed by atoms with Crippen molar-refractivity contribution in [2.75, 3.05) is 0 Å². The van der Waals surface area contributed by atoms with Gasteiger partial charge in [-0.15, -0.1) is 0 Å². The van der Waals surface area contributed by atoms with Gasteiger partial charge in [-0.2, -0.15) is 0 Å². The number of carboxylic acid groups (broad SMARTS) is 1. The number of carbonyl (C=O) groups is 2. The zero-order valence-electron chi connectivity index (χ0n) is 11.5. The van der Waals surface area contributed by atoms with Crippen LogP contribution in [0, 0.1) is 5.92 Å². The van der Waals surface area contributed by atoms with Gasteiger partial charge in [0, 0.05) is 0 Å². The fourth-order valence-corrected chi connectivity index (χ4v) is 2.61. The summed E-state index contributed by atoms with van der Waals surface area (Å²) < 4.78 is 5.09. The topological polar surface area (TPSA) is 75.6 Å². The van der Waals surface area contributed by atoms with Crippen molar-refractivity contribution in [1.82, 2.24) is 5.32 Å². The molecule has 0 bridgehead atoms. The summed E-state index contributed by atoms with van der Waals surface area (Å²) >= 11 is 0. The van der Waals surface area contributed by atoms with E-state index in [0.717, 1.165) is 12.0 Å². The van der Waals surface area contributed by atoms with Crippen LogP contribution in [0.3, 0.4) is 0 Å². The second-order valence-corrected chi connectivity index (χ2v) is 5.42. The molecule has 1 aromatic carbocycles. The molecule has 20 heavy (non-hydrogen) atoms. The number of carbonyl (C=O) groups excluding carboxylic acids is 1. The molecule has 1 aromatic rings. The van der Waals surface area contributed by atoms with Crippen molar-refractivity contribution in [2.45, 2.75) is 38.3 Å². The van der Waals surface area contributed by atoms with Crippen LogP contribution < -0.4 is 5.32 Å². The van der Waals surface area contributed by atoms with E-state index in [9.17, 15) is 14.7 Å². The maximum Gasteiger partial charge on any atom is 0.408 e. The number of alkyl carbamates (subject to hydrolysis) is 1. The van der Waals surface area contributed by atoms with Crippen molar-refractivity contribution in [3.05, 3.63) is 35.9 Å². The third kappa shape index (κ3) is 3.29. The van der Waals surface area contributed by atoms with E-state index in [1.54, 1.807) is 0 Å². The van der Waals surface area contributed by atoms with Gasteiger partial charge < -0.3 is 15.2 Å². The second-order valence-electron chi connectivity index (χ2n) is 5.42. The van der Waals surface area contributed by atoms with Gasteiger partial charge in [0.2, 0.25) is 0 Å². The number of aliphatic carboxylic acids is 1. The number of amides is 1. The molecule has 0 saturated heterocycles. The van der Waals surface area contributed by atoms with E-state index in [4.69, 9.17) is 4.74 Å². The predicted octanol–water partition coefficient (Wildman–Crippen LogP) is 2.56. The Morgan fingerprint density at radius 2 is 2.10 bits per heavy atom. The lowest BCUT2D eigenvalue weighted by molar-refractivity contribution is -0.144. The van der Waals surface area contributed by atoms with E-state index in [1.165, 1.54) is 0 Å². The minimum atomic E-state index is -1.17. The molecule has 1 aliphatic carbocycles. The van der Waals surface area contributed by atoms with Crippen molar-refractivity contribution < 1.29 is 19.4 Å². The standard InChI is InChI=1S/C15H19NO4/c1-11-7-8-15(9-11,13(17)18)16-14(19)20-10-12-5-3-2-4-6-12/h2-6,11H,7-10H2,1H3,(H,16,19)(H,17,18)/t11-,15-/m1/s1.